The Hall–Kier alpha value is -1.95. The van der Waals surface area contributed by atoms with Crippen LogP contribution in [0.5, 0.6) is 0 Å². The van der Waals surface area contributed by atoms with Gasteiger partial charge < -0.3 is 10.0 Å². The number of aliphatic hydroxyl groups is 1. The lowest BCUT2D eigenvalue weighted by molar-refractivity contribution is -0.384. The molecule has 104 valence electrons. The molecule has 6 nitrogen and oxygen atoms in total. The number of nitrogens with zero attached hydrogens (tertiary/aromatic N) is 2. The molecule has 1 N–H and O–H groups in total. The molecule has 0 aliphatic carbocycles. The van der Waals surface area contributed by atoms with Crippen LogP contribution >= 0.6 is 0 Å². The van der Waals surface area contributed by atoms with Gasteiger partial charge in [0, 0.05) is 32.1 Å². The molecular formula is C13H18N2O4. The summed E-state index contributed by atoms with van der Waals surface area (Å²) in [5.74, 6) is -0.0904. The van der Waals surface area contributed by atoms with Crippen LogP contribution in [0.2, 0.25) is 0 Å². The van der Waals surface area contributed by atoms with Crippen molar-refractivity contribution in [2.75, 3.05) is 7.05 Å². The van der Waals surface area contributed by atoms with Crippen LogP contribution in [0.3, 0.4) is 0 Å². The second-order valence-corrected chi connectivity index (χ2v) is 4.56. The summed E-state index contributed by atoms with van der Waals surface area (Å²) >= 11 is 0. The summed E-state index contributed by atoms with van der Waals surface area (Å²) in [7, 11) is 1.64. The standard InChI is InChI=1S/C13H18N2O4/c1-10(16)6-7-13(17)14(2)9-11-4-3-5-12(8-11)15(18)19/h3-5,8,10,16H,6-7,9H2,1-2H3. The smallest absolute Gasteiger partial charge is 0.269 e. The molecule has 0 aliphatic heterocycles. The van der Waals surface area contributed by atoms with E-state index in [0.717, 1.165) is 0 Å². The Balaban J connectivity index is 2.61. The third-order valence-electron chi connectivity index (χ3n) is 2.74. The number of non-ortho nitro benzene ring substituents is 1. The van der Waals surface area contributed by atoms with Crippen molar-refractivity contribution >= 4 is 11.6 Å². The maximum atomic E-state index is 11.8. The Bertz CT molecular complexity index is 460. The minimum absolute atomic E-state index is 0.0160. The summed E-state index contributed by atoms with van der Waals surface area (Å²) in [5, 5.41) is 19.8. The van der Waals surface area contributed by atoms with Gasteiger partial charge in [-0.25, -0.2) is 0 Å². The Labute approximate surface area is 111 Å². The molecule has 1 unspecified atom stereocenters. The number of amides is 1. The molecule has 0 fully saturated rings. The first kappa shape index (κ1) is 15.1. The third kappa shape index (κ3) is 5.05. The van der Waals surface area contributed by atoms with E-state index in [0.29, 0.717) is 18.5 Å². The number of hydrogen-bond acceptors (Lipinski definition) is 4. The van der Waals surface area contributed by atoms with Gasteiger partial charge in [0.15, 0.2) is 0 Å². The van der Waals surface area contributed by atoms with Crippen molar-refractivity contribution in [3.05, 3.63) is 39.9 Å². The highest BCUT2D eigenvalue weighted by Crippen LogP contribution is 2.14. The largest absolute Gasteiger partial charge is 0.393 e. The minimum Gasteiger partial charge on any atom is -0.393 e. The van der Waals surface area contributed by atoms with Gasteiger partial charge in [-0.2, -0.15) is 0 Å². The number of aliphatic hydroxyl groups excluding tert-OH is 1. The van der Waals surface area contributed by atoms with E-state index in [1.807, 2.05) is 0 Å². The maximum absolute atomic E-state index is 11.8. The molecule has 1 rings (SSSR count). The highest BCUT2D eigenvalue weighted by molar-refractivity contribution is 5.75. The average molecular weight is 266 g/mol. The predicted molar refractivity (Wildman–Crippen MR) is 70.5 cm³/mol. The molecule has 6 heteroatoms. The van der Waals surface area contributed by atoms with Crippen LogP contribution in [-0.2, 0) is 11.3 Å². The molecule has 19 heavy (non-hydrogen) atoms. The molecule has 0 aliphatic rings. The minimum atomic E-state index is -0.504. The van der Waals surface area contributed by atoms with E-state index in [4.69, 9.17) is 5.11 Å². The molecule has 1 aromatic rings. The summed E-state index contributed by atoms with van der Waals surface area (Å²) in [4.78, 5) is 23.4. The van der Waals surface area contributed by atoms with Gasteiger partial charge in [0.1, 0.15) is 0 Å². The molecule has 0 heterocycles. The molecule has 0 aromatic heterocycles. The zero-order valence-electron chi connectivity index (χ0n) is 11.1. The monoisotopic (exact) mass is 266 g/mol. The summed E-state index contributed by atoms with van der Waals surface area (Å²) in [6, 6.07) is 6.21. The van der Waals surface area contributed by atoms with Crippen LogP contribution in [0, 0.1) is 10.1 Å². The summed E-state index contributed by atoms with van der Waals surface area (Å²) in [6.45, 7) is 1.95. The molecule has 0 saturated heterocycles. The Morgan fingerprint density at radius 3 is 2.79 bits per heavy atom. The van der Waals surface area contributed by atoms with Crippen molar-refractivity contribution in [2.24, 2.45) is 0 Å². The van der Waals surface area contributed by atoms with Crippen LogP contribution in [0.25, 0.3) is 0 Å². The topological polar surface area (TPSA) is 83.7 Å². The lowest BCUT2D eigenvalue weighted by atomic mass is 10.1. The first-order valence-corrected chi connectivity index (χ1v) is 6.05. The summed E-state index contributed by atoms with van der Waals surface area (Å²) in [5.41, 5.74) is 0.726. The van der Waals surface area contributed by atoms with E-state index in [1.165, 1.54) is 17.0 Å². The Kier molecular flexibility index (Phi) is 5.44. The second kappa shape index (κ2) is 6.84. The molecule has 0 saturated carbocycles. The van der Waals surface area contributed by atoms with Gasteiger partial charge in [-0.05, 0) is 18.9 Å². The highest BCUT2D eigenvalue weighted by Gasteiger charge is 2.12. The van der Waals surface area contributed by atoms with E-state index >= 15 is 0 Å². The van der Waals surface area contributed by atoms with Crippen LogP contribution in [0.15, 0.2) is 24.3 Å². The van der Waals surface area contributed by atoms with Crippen molar-refractivity contribution < 1.29 is 14.8 Å². The van der Waals surface area contributed by atoms with Crippen molar-refractivity contribution in [1.29, 1.82) is 0 Å². The second-order valence-electron chi connectivity index (χ2n) is 4.56. The number of carbonyl (C=O) groups excluding carboxylic acids is 1. The van der Waals surface area contributed by atoms with Crippen molar-refractivity contribution in [3.8, 4) is 0 Å². The molecule has 1 aromatic carbocycles. The Morgan fingerprint density at radius 2 is 2.21 bits per heavy atom. The fourth-order valence-electron chi connectivity index (χ4n) is 1.65. The zero-order valence-corrected chi connectivity index (χ0v) is 11.1. The van der Waals surface area contributed by atoms with E-state index in [-0.39, 0.29) is 18.0 Å². The van der Waals surface area contributed by atoms with Gasteiger partial charge in [0.25, 0.3) is 5.69 Å². The number of carbonyl (C=O) groups is 1. The number of nitro groups is 1. The predicted octanol–water partition coefficient (Wildman–Crippen LogP) is 1.71. The van der Waals surface area contributed by atoms with Gasteiger partial charge in [0.2, 0.25) is 5.91 Å². The van der Waals surface area contributed by atoms with Gasteiger partial charge in [-0.1, -0.05) is 12.1 Å². The first-order chi connectivity index (χ1) is 8.90. The van der Waals surface area contributed by atoms with Crippen molar-refractivity contribution in [3.63, 3.8) is 0 Å². The van der Waals surface area contributed by atoms with Gasteiger partial charge in [0.05, 0.1) is 11.0 Å². The molecular weight excluding hydrogens is 248 g/mol. The quantitative estimate of drug-likeness (QED) is 0.627. The number of rotatable bonds is 6. The first-order valence-electron chi connectivity index (χ1n) is 6.05. The lowest BCUT2D eigenvalue weighted by Crippen LogP contribution is -2.26. The van der Waals surface area contributed by atoms with Crippen LogP contribution in [-0.4, -0.2) is 34.0 Å². The maximum Gasteiger partial charge on any atom is 0.269 e. The molecule has 0 bridgehead atoms. The summed E-state index contributed by atoms with van der Waals surface area (Å²) < 4.78 is 0. The highest BCUT2D eigenvalue weighted by atomic mass is 16.6. The zero-order chi connectivity index (χ0) is 14.4. The number of nitro benzene ring substituents is 1. The van der Waals surface area contributed by atoms with Gasteiger partial charge in [-0.3, -0.25) is 14.9 Å². The van der Waals surface area contributed by atoms with Crippen molar-refractivity contribution in [1.82, 2.24) is 4.90 Å². The van der Waals surface area contributed by atoms with Crippen LogP contribution in [0.4, 0.5) is 5.69 Å². The van der Waals surface area contributed by atoms with Crippen molar-refractivity contribution in [2.45, 2.75) is 32.4 Å². The fourth-order valence-corrected chi connectivity index (χ4v) is 1.65. The van der Waals surface area contributed by atoms with Crippen LogP contribution in [0.1, 0.15) is 25.3 Å². The Morgan fingerprint density at radius 1 is 1.53 bits per heavy atom. The third-order valence-corrected chi connectivity index (χ3v) is 2.74. The van der Waals surface area contributed by atoms with E-state index < -0.39 is 11.0 Å². The normalized spacial score (nSPS) is 11.9. The van der Waals surface area contributed by atoms with E-state index in [2.05, 4.69) is 0 Å². The molecule has 1 amide bonds. The van der Waals surface area contributed by atoms with E-state index in [9.17, 15) is 14.9 Å². The molecule has 0 spiro atoms. The average Bonchev–Trinajstić information content (AvgIpc) is 2.36. The van der Waals surface area contributed by atoms with Crippen LogP contribution < -0.4 is 0 Å². The molecule has 1 atom stereocenters. The molecule has 0 radical (unpaired) electrons. The fraction of sp³-hybridized carbons (Fsp3) is 0.462. The van der Waals surface area contributed by atoms with Gasteiger partial charge in [-0.15, -0.1) is 0 Å². The van der Waals surface area contributed by atoms with E-state index in [1.54, 1.807) is 26.1 Å². The number of hydrogen-bond donors (Lipinski definition) is 1. The van der Waals surface area contributed by atoms with Gasteiger partial charge >= 0.3 is 0 Å². The SMILES string of the molecule is CC(O)CCC(=O)N(C)Cc1cccc([N+](=O)[O-])c1. The lowest BCUT2D eigenvalue weighted by Gasteiger charge is -2.17. The summed E-state index contributed by atoms with van der Waals surface area (Å²) in [6.07, 6.45) is 0.177. The number of benzene rings is 1.